The van der Waals surface area contributed by atoms with Gasteiger partial charge < -0.3 is 10.5 Å². The minimum absolute atomic E-state index is 0.274. The normalized spacial score (nSPS) is 11.2. The molecule has 3 heteroatoms. The number of carbonyl (C=O) groups is 1. The number of esters is 1. The number of nitrogens with two attached hydrogens (primary N) is 1. The van der Waals surface area contributed by atoms with E-state index in [4.69, 9.17) is 10.5 Å². The van der Waals surface area contributed by atoms with Crippen LogP contribution in [0.15, 0.2) is 48.5 Å². The van der Waals surface area contributed by atoms with Crippen LogP contribution in [0.3, 0.4) is 0 Å². The predicted molar refractivity (Wildman–Crippen MR) is 89.9 cm³/mol. The lowest BCUT2D eigenvalue weighted by atomic mass is 9.99. The molecule has 2 N–H and O–H groups in total. The first-order valence-electron chi connectivity index (χ1n) is 7.51. The Hall–Kier alpha value is -2.29. The molecular weight excluding hydrogens is 274 g/mol. The van der Waals surface area contributed by atoms with Crippen LogP contribution in [0.25, 0.3) is 0 Å². The van der Waals surface area contributed by atoms with Gasteiger partial charge in [-0.1, -0.05) is 36.4 Å². The van der Waals surface area contributed by atoms with Gasteiger partial charge >= 0.3 is 5.97 Å². The molecule has 0 bridgehead atoms. The third-order valence-corrected chi connectivity index (χ3v) is 3.35. The molecule has 0 aliphatic heterocycles. The number of carbonyl (C=O) groups excluding carboxylic acids is 1. The molecule has 2 rings (SSSR count). The molecule has 0 saturated heterocycles. The van der Waals surface area contributed by atoms with Crippen molar-refractivity contribution in [3.05, 3.63) is 65.2 Å². The second-order valence-electron chi connectivity index (χ2n) is 6.36. The summed E-state index contributed by atoms with van der Waals surface area (Å²) in [7, 11) is 0. The van der Waals surface area contributed by atoms with Gasteiger partial charge in [0.25, 0.3) is 0 Å². The van der Waals surface area contributed by atoms with Crippen molar-refractivity contribution in [1.82, 2.24) is 0 Å². The van der Waals surface area contributed by atoms with Gasteiger partial charge in [-0.15, -0.1) is 0 Å². The molecule has 2 aromatic carbocycles. The zero-order valence-corrected chi connectivity index (χ0v) is 13.4. The Labute approximate surface area is 132 Å². The van der Waals surface area contributed by atoms with Crippen molar-refractivity contribution in [1.29, 1.82) is 0 Å². The Balaban J connectivity index is 2.15. The second-order valence-corrected chi connectivity index (χ2v) is 6.36. The molecule has 0 fully saturated rings. The first-order chi connectivity index (χ1) is 10.4. The summed E-state index contributed by atoms with van der Waals surface area (Å²) in [6.07, 6.45) is 1.55. The average molecular weight is 297 g/mol. The summed E-state index contributed by atoms with van der Waals surface area (Å²) >= 11 is 0. The molecule has 116 valence electrons. The van der Waals surface area contributed by atoms with E-state index >= 15 is 0 Å². The highest BCUT2D eigenvalue weighted by molar-refractivity contribution is 5.91. The van der Waals surface area contributed by atoms with Gasteiger partial charge in [0, 0.05) is 5.69 Å². The Morgan fingerprint density at radius 2 is 1.50 bits per heavy atom. The highest BCUT2D eigenvalue weighted by Gasteiger charge is 2.19. The Bertz CT molecular complexity index is 656. The van der Waals surface area contributed by atoms with Crippen molar-refractivity contribution in [3.63, 3.8) is 0 Å². The molecule has 0 unspecified atom stereocenters. The molecule has 0 saturated carbocycles. The molecule has 3 nitrogen and oxygen atoms in total. The molecule has 0 atom stereocenters. The molecule has 0 amide bonds. The molecular formula is C19H23NO2. The van der Waals surface area contributed by atoms with Crippen LogP contribution >= 0.6 is 0 Å². The minimum Gasteiger partial charge on any atom is -0.456 e. The maximum absolute atomic E-state index is 12.3. The molecule has 0 radical (unpaired) electrons. The van der Waals surface area contributed by atoms with Gasteiger partial charge in [0.1, 0.15) is 5.60 Å². The van der Waals surface area contributed by atoms with E-state index in [-0.39, 0.29) is 5.97 Å². The van der Waals surface area contributed by atoms with Crippen molar-refractivity contribution in [3.8, 4) is 0 Å². The number of nitrogen functional groups attached to an aromatic ring is 1. The summed E-state index contributed by atoms with van der Waals surface area (Å²) in [5.74, 6) is -0.274. The lowest BCUT2D eigenvalue weighted by Gasteiger charge is -2.20. The zero-order valence-electron chi connectivity index (χ0n) is 13.4. The fourth-order valence-electron chi connectivity index (χ4n) is 2.30. The monoisotopic (exact) mass is 297 g/mol. The number of rotatable bonds is 4. The van der Waals surface area contributed by atoms with E-state index in [0.29, 0.717) is 5.56 Å². The maximum atomic E-state index is 12.3. The molecule has 0 aromatic heterocycles. The van der Waals surface area contributed by atoms with E-state index < -0.39 is 5.60 Å². The first-order valence-corrected chi connectivity index (χ1v) is 7.51. The predicted octanol–water partition coefficient (Wildman–Crippen LogP) is 4.01. The van der Waals surface area contributed by atoms with Gasteiger partial charge in [-0.05, 0) is 56.9 Å². The van der Waals surface area contributed by atoms with Crippen molar-refractivity contribution >= 4 is 11.7 Å². The van der Waals surface area contributed by atoms with E-state index in [9.17, 15) is 4.79 Å². The zero-order chi connectivity index (χ0) is 16.2. The third-order valence-electron chi connectivity index (χ3n) is 3.35. The van der Waals surface area contributed by atoms with Crippen LogP contribution in [0.5, 0.6) is 0 Å². The molecule has 0 heterocycles. The van der Waals surface area contributed by atoms with E-state index in [1.807, 2.05) is 69.3 Å². The summed E-state index contributed by atoms with van der Waals surface area (Å²) < 4.78 is 5.48. The lowest BCUT2D eigenvalue weighted by Crippen LogP contribution is -2.24. The van der Waals surface area contributed by atoms with Crippen molar-refractivity contribution in [2.24, 2.45) is 0 Å². The molecule has 0 aliphatic rings. The van der Waals surface area contributed by atoms with Crippen molar-refractivity contribution in [2.45, 2.75) is 39.2 Å². The van der Waals surface area contributed by atoms with Gasteiger partial charge in [0.05, 0.1) is 5.56 Å². The van der Waals surface area contributed by atoms with Crippen LogP contribution in [0, 0.1) is 0 Å². The van der Waals surface area contributed by atoms with Crippen molar-refractivity contribution in [2.75, 3.05) is 5.73 Å². The van der Waals surface area contributed by atoms with Crippen LogP contribution in [-0.2, 0) is 17.6 Å². The van der Waals surface area contributed by atoms with Crippen LogP contribution in [0.2, 0.25) is 0 Å². The average Bonchev–Trinajstić information content (AvgIpc) is 2.45. The van der Waals surface area contributed by atoms with Gasteiger partial charge in [0.2, 0.25) is 0 Å². The summed E-state index contributed by atoms with van der Waals surface area (Å²) in [5.41, 5.74) is 8.99. The summed E-state index contributed by atoms with van der Waals surface area (Å²) in [6.45, 7) is 5.62. The van der Waals surface area contributed by atoms with E-state index in [0.717, 1.165) is 29.7 Å². The summed E-state index contributed by atoms with van der Waals surface area (Å²) in [4.78, 5) is 12.3. The van der Waals surface area contributed by atoms with Crippen LogP contribution in [-0.4, -0.2) is 11.6 Å². The fourth-order valence-corrected chi connectivity index (χ4v) is 2.30. The number of ether oxygens (including phenoxy) is 1. The first kappa shape index (κ1) is 16.1. The quantitative estimate of drug-likeness (QED) is 0.685. The van der Waals surface area contributed by atoms with Crippen LogP contribution in [0.4, 0.5) is 5.69 Å². The number of hydrogen-bond acceptors (Lipinski definition) is 3. The third kappa shape index (κ3) is 4.35. The molecule has 0 spiro atoms. The fraction of sp³-hybridized carbons (Fsp3) is 0.316. The summed E-state index contributed by atoms with van der Waals surface area (Å²) in [5, 5.41) is 0. The number of anilines is 1. The second kappa shape index (κ2) is 6.65. The SMILES string of the molecule is CC(C)(C)OC(=O)c1ccccc1CCc1ccccc1N. The smallest absolute Gasteiger partial charge is 0.338 e. The van der Waals surface area contributed by atoms with Gasteiger partial charge in [-0.2, -0.15) is 0 Å². The lowest BCUT2D eigenvalue weighted by molar-refractivity contribution is 0.00683. The maximum Gasteiger partial charge on any atom is 0.338 e. The summed E-state index contributed by atoms with van der Waals surface area (Å²) in [6, 6.07) is 15.4. The van der Waals surface area contributed by atoms with E-state index in [1.165, 1.54) is 0 Å². The van der Waals surface area contributed by atoms with Crippen LogP contribution in [0.1, 0.15) is 42.3 Å². The Morgan fingerprint density at radius 3 is 2.14 bits per heavy atom. The molecule has 2 aromatic rings. The largest absolute Gasteiger partial charge is 0.456 e. The highest BCUT2D eigenvalue weighted by atomic mass is 16.6. The Morgan fingerprint density at radius 1 is 0.955 bits per heavy atom. The van der Waals surface area contributed by atoms with Gasteiger partial charge in [-0.25, -0.2) is 4.79 Å². The van der Waals surface area contributed by atoms with Crippen molar-refractivity contribution < 1.29 is 9.53 Å². The highest BCUT2D eigenvalue weighted by Crippen LogP contribution is 2.19. The Kier molecular flexibility index (Phi) is 4.86. The topological polar surface area (TPSA) is 52.3 Å². The number of aryl methyl sites for hydroxylation is 2. The molecule has 22 heavy (non-hydrogen) atoms. The molecule has 0 aliphatic carbocycles. The van der Waals surface area contributed by atoms with Gasteiger partial charge in [-0.3, -0.25) is 0 Å². The number of para-hydroxylation sites is 1. The van der Waals surface area contributed by atoms with E-state index in [2.05, 4.69) is 0 Å². The minimum atomic E-state index is -0.492. The van der Waals surface area contributed by atoms with E-state index in [1.54, 1.807) is 0 Å². The standard InChI is InChI=1S/C19H23NO2/c1-19(2,3)22-18(21)16-10-6-4-8-14(16)12-13-15-9-5-7-11-17(15)20/h4-11H,12-13,20H2,1-3H3. The number of benzene rings is 2. The van der Waals surface area contributed by atoms with Crippen LogP contribution < -0.4 is 5.73 Å². The van der Waals surface area contributed by atoms with Gasteiger partial charge in [0.15, 0.2) is 0 Å². The number of hydrogen-bond donors (Lipinski definition) is 1.